The van der Waals surface area contributed by atoms with Crippen LogP contribution in [-0.2, 0) is 6.54 Å². The Bertz CT molecular complexity index is 397. The summed E-state index contributed by atoms with van der Waals surface area (Å²) >= 11 is 3.61. The molecule has 0 amide bonds. The van der Waals surface area contributed by atoms with Gasteiger partial charge in [0.25, 0.3) is 0 Å². The molecule has 0 aliphatic carbocycles. The van der Waals surface area contributed by atoms with Crippen molar-refractivity contribution in [3.8, 4) is 0 Å². The van der Waals surface area contributed by atoms with Gasteiger partial charge in [0.2, 0.25) is 0 Å². The zero-order chi connectivity index (χ0) is 13.7. The number of hydrogen-bond acceptors (Lipinski definition) is 3. The van der Waals surface area contributed by atoms with Crippen LogP contribution in [0.5, 0.6) is 0 Å². The summed E-state index contributed by atoms with van der Waals surface area (Å²) in [4.78, 5) is 4.81. The average molecular weight is 326 g/mol. The van der Waals surface area contributed by atoms with Gasteiger partial charge in [-0.2, -0.15) is 0 Å². The summed E-state index contributed by atoms with van der Waals surface area (Å²) in [5.74, 6) is 0. The molecule has 0 radical (unpaired) electrons. The quantitative estimate of drug-likeness (QED) is 0.895. The van der Waals surface area contributed by atoms with Gasteiger partial charge in [-0.15, -0.1) is 0 Å². The molecule has 0 saturated carbocycles. The lowest BCUT2D eigenvalue weighted by Crippen LogP contribution is -2.49. The Balaban J connectivity index is 1.75. The second kappa shape index (κ2) is 7.39. The molecule has 1 saturated heterocycles. The number of benzene rings is 1. The molecule has 0 bridgehead atoms. The van der Waals surface area contributed by atoms with Gasteiger partial charge in [0.05, 0.1) is 0 Å². The molecule has 2 rings (SSSR count). The van der Waals surface area contributed by atoms with Crippen LogP contribution in [0.2, 0.25) is 0 Å². The Morgan fingerprint density at radius 2 is 2.21 bits per heavy atom. The van der Waals surface area contributed by atoms with Crippen molar-refractivity contribution in [2.75, 3.05) is 40.3 Å². The minimum atomic E-state index is 0.639. The van der Waals surface area contributed by atoms with E-state index >= 15 is 0 Å². The van der Waals surface area contributed by atoms with Crippen LogP contribution in [0, 0.1) is 0 Å². The lowest BCUT2D eigenvalue weighted by molar-refractivity contribution is 0.212. The predicted molar refractivity (Wildman–Crippen MR) is 84.4 cm³/mol. The van der Waals surface area contributed by atoms with E-state index in [0.29, 0.717) is 6.04 Å². The molecule has 19 heavy (non-hydrogen) atoms. The number of halogens is 1. The first-order valence-electron chi connectivity index (χ1n) is 6.99. The normalized spacial score (nSPS) is 20.9. The summed E-state index contributed by atoms with van der Waals surface area (Å²) in [5, 5.41) is 3.60. The largest absolute Gasteiger partial charge is 0.311 e. The van der Waals surface area contributed by atoms with Gasteiger partial charge in [-0.05, 0) is 38.7 Å². The van der Waals surface area contributed by atoms with E-state index in [4.69, 9.17) is 0 Å². The number of likely N-dealkylation sites (N-methyl/N-ethyl adjacent to an activating group) is 1. The molecule has 1 unspecified atom stereocenters. The van der Waals surface area contributed by atoms with Crippen LogP contribution in [0.25, 0.3) is 0 Å². The molecule has 1 aliphatic heterocycles. The van der Waals surface area contributed by atoms with E-state index in [2.05, 4.69) is 69.4 Å². The number of hydrogen-bond donors (Lipinski definition) is 1. The summed E-state index contributed by atoms with van der Waals surface area (Å²) in [6, 6.07) is 9.11. The molecule has 3 nitrogen and oxygen atoms in total. The molecular weight excluding hydrogens is 302 g/mol. The van der Waals surface area contributed by atoms with Gasteiger partial charge in [-0.25, -0.2) is 0 Å². The molecular formula is C15H24BrN3. The smallest absolute Gasteiger partial charge is 0.0241 e. The number of nitrogens with one attached hydrogen (secondary N) is 1. The third-order valence-corrected chi connectivity index (χ3v) is 4.49. The molecule has 1 aromatic rings. The summed E-state index contributed by atoms with van der Waals surface area (Å²) in [5.41, 5.74) is 1.36. The number of piperazine rings is 1. The Hall–Kier alpha value is -0.420. The molecule has 4 heteroatoms. The lowest BCUT2D eigenvalue weighted by Gasteiger charge is -2.32. The molecule has 0 spiro atoms. The molecule has 1 heterocycles. The molecule has 1 atom stereocenters. The highest BCUT2D eigenvalue weighted by molar-refractivity contribution is 9.10. The highest BCUT2D eigenvalue weighted by Gasteiger charge is 2.16. The van der Waals surface area contributed by atoms with Crippen LogP contribution in [0.15, 0.2) is 28.7 Å². The zero-order valence-electron chi connectivity index (χ0n) is 11.9. The second-order valence-corrected chi connectivity index (χ2v) is 6.39. The summed E-state index contributed by atoms with van der Waals surface area (Å²) in [7, 11) is 4.41. The Kier molecular flexibility index (Phi) is 5.82. The zero-order valence-corrected chi connectivity index (χ0v) is 13.5. The van der Waals surface area contributed by atoms with Crippen molar-refractivity contribution >= 4 is 15.9 Å². The maximum absolute atomic E-state index is 3.61. The Labute approximate surface area is 125 Å². The van der Waals surface area contributed by atoms with Crippen LogP contribution in [0.3, 0.4) is 0 Å². The first-order chi connectivity index (χ1) is 9.15. The van der Waals surface area contributed by atoms with E-state index in [-0.39, 0.29) is 0 Å². The van der Waals surface area contributed by atoms with E-state index in [9.17, 15) is 0 Å². The topological polar surface area (TPSA) is 18.5 Å². The van der Waals surface area contributed by atoms with Crippen LogP contribution in [0.4, 0.5) is 0 Å². The van der Waals surface area contributed by atoms with Crippen LogP contribution in [-0.4, -0.2) is 56.1 Å². The van der Waals surface area contributed by atoms with Crippen molar-refractivity contribution in [3.05, 3.63) is 34.3 Å². The molecule has 1 aliphatic rings. The average Bonchev–Trinajstić information content (AvgIpc) is 2.39. The maximum atomic E-state index is 3.61. The van der Waals surface area contributed by atoms with E-state index in [1.807, 2.05) is 0 Å². The summed E-state index contributed by atoms with van der Waals surface area (Å²) in [6.45, 7) is 5.60. The second-order valence-electron chi connectivity index (χ2n) is 5.53. The third-order valence-electron chi connectivity index (χ3n) is 3.72. The van der Waals surface area contributed by atoms with E-state index in [1.165, 1.54) is 29.5 Å². The van der Waals surface area contributed by atoms with Crippen LogP contribution >= 0.6 is 15.9 Å². The maximum Gasteiger partial charge on any atom is 0.0241 e. The summed E-state index contributed by atoms with van der Waals surface area (Å²) < 4.78 is 1.21. The number of nitrogens with zero attached hydrogens (tertiary/aromatic N) is 2. The standard InChI is InChI=1S/C15H24BrN3/c1-18(11-13-5-3-4-6-15(13)16)9-7-14-12-19(2)10-8-17-14/h3-6,14,17H,7-12H2,1-2H3. The lowest BCUT2D eigenvalue weighted by atomic mass is 10.1. The van der Waals surface area contributed by atoms with Crippen molar-refractivity contribution in [3.63, 3.8) is 0 Å². The predicted octanol–water partition coefficient (Wildman–Crippen LogP) is 2.17. The van der Waals surface area contributed by atoms with E-state index in [0.717, 1.165) is 19.6 Å². The number of rotatable bonds is 5. The molecule has 1 fully saturated rings. The van der Waals surface area contributed by atoms with Crippen molar-refractivity contribution in [1.82, 2.24) is 15.1 Å². The Morgan fingerprint density at radius 3 is 2.95 bits per heavy atom. The molecule has 106 valence electrons. The van der Waals surface area contributed by atoms with Gasteiger partial charge in [-0.1, -0.05) is 34.1 Å². The molecule has 1 N–H and O–H groups in total. The van der Waals surface area contributed by atoms with Gasteiger partial charge in [0.1, 0.15) is 0 Å². The van der Waals surface area contributed by atoms with Crippen molar-refractivity contribution in [2.45, 2.75) is 19.0 Å². The van der Waals surface area contributed by atoms with Gasteiger partial charge in [-0.3, -0.25) is 0 Å². The Morgan fingerprint density at radius 1 is 1.42 bits per heavy atom. The van der Waals surface area contributed by atoms with Crippen LogP contribution in [0.1, 0.15) is 12.0 Å². The fraction of sp³-hybridized carbons (Fsp3) is 0.600. The molecule has 0 aromatic heterocycles. The van der Waals surface area contributed by atoms with Gasteiger partial charge in [0.15, 0.2) is 0 Å². The van der Waals surface area contributed by atoms with Gasteiger partial charge in [0, 0.05) is 36.7 Å². The van der Waals surface area contributed by atoms with Crippen molar-refractivity contribution in [2.24, 2.45) is 0 Å². The third kappa shape index (κ3) is 4.88. The highest BCUT2D eigenvalue weighted by Crippen LogP contribution is 2.17. The minimum Gasteiger partial charge on any atom is -0.311 e. The SMILES string of the molecule is CN(CCC1CN(C)CCN1)Cc1ccccc1Br. The molecule has 1 aromatic carbocycles. The van der Waals surface area contributed by atoms with Gasteiger partial charge >= 0.3 is 0 Å². The van der Waals surface area contributed by atoms with Crippen LogP contribution < -0.4 is 5.32 Å². The summed E-state index contributed by atoms with van der Waals surface area (Å²) in [6.07, 6.45) is 1.21. The van der Waals surface area contributed by atoms with Crippen molar-refractivity contribution < 1.29 is 0 Å². The van der Waals surface area contributed by atoms with Crippen molar-refractivity contribution in [1.29, 1.82) is 0 Å². The minimum absolute atomic E-state index is 0.639. The fourth-order valence-electron chi connectivity index (χ4n) is 2.56. The first kappa shape index (κ1) is 15.0. The highest BCUT2D eigenvalue weighted by atomic mass is 79.9. The van der Waals surface area contributed by atoms with E-state index in [1.54, 1.807) is 0 Å². The van der Waals surface area contributed by atoms with Gasteiger partial charge < -0.3 is 15.1 Å². The monoisotopic (exact) mass is 325 g/mol. The van der Waals surface area contributed by atoms with E-state index < -0.39 is 0 Å². The first-order valence-corrected chi connectivity index (χ1v) is 7.78. The fourth-order valence-corrected chi connectivity index (χ4v) is 2.97.